The molecule has 1 spiro atoms. The van der Waals surface area contributed by atoms with Crippen molar-refractivity contribution in [1.82, 2.24) is 19.8 Å². The molecular weight excluding hydrogens is 735 g/mol. The number of carboxylic acid groups (broad SMARTS) is 3. The molecule has 0 aromatic carbocycles. The number of likely N-dealkylation sites (tertiary alicyclic amines) is 1. The average molecular weight is 763 g/mol. The van der Waals surface area contributed by atoms with Crippen LogP contribution in [0.25, 0.3) is 0 Å². The van der Waals surface area contributed by atoms with Crippen molar-refractivity contribution >= 4 is 35.2 Å². The van der Waals surface area contributed by atoms with Gasteiger partial charge in [-0.15, -0.1) is 0 Å². The first-order valence-electron chi connectivity index (χ1n) is 13.9. The Morgan fingerprint density at radius 3 is 1.82 bits per heavy atom. The van der Waals surface area contributed by atoms with Crippen LogP contribution in [-0.4, -0.2) is 109 Å². The van der Waals surface area contributed by atoms with E-state index in [0.29, 0.717) is 26.2 Å². The number of thiophene rings is 1. The van der Waals surface area contributed by atoms with Crippen molar-refractivity contribution in [3.8, 4) is 0 Å². The third kappa shape index (κ3) is 13.1. The van der Waals surface area contributed by atoms with E-state index in [-0.39, 0.29) is 11.8 Å². The molecule has 2 fully saturated rings. The number of amides is 1. The van der Waals surface area contributed by atoms with Crippen molar-refractivity contribution in [3.05, 3.63) is 82.6 Å². The predicted octanol–water partition coefficient (Wildman–Crippen LogP) is 4.84. The Bertz CT molecular complexity index is 1520. The summed E-state index contributed by atoms with van der Waals surface area (Å²) in [6, 6.07) is 10.1. The van der Waals surface area contributed by atoms with Crippen LogP contribution >= 0.6 is 11.3 Å². The monoisotopic (exact) mass is 762 g/mol. The molecule has 12 nitrogen and oxygen atoms in total. The fourth-order valence-electron chi connectivity index (χ4n) is 4.62. The number of hydrogen-bond donors (Lipinski definition) is 3. The maximum atomic E-state index is 13.8. The SMILES string of the molecule is O=C(O)C(F)(F)F.O=C(O)C(F)(F)F.O=C(O)C(F)(F)F.O=C1N(Cc2ccsc2)CCOC12CN(Cc1ccncc1)CC2c1cccnc1. The number of aliphatic carboxylic acids is 3. The van der Waals surface area contributed by atoms with E-state index in [4.69, 9.17) is 34.4 Å². The van der Waals surface area contributed by atoms with Gasteiger partial charge in [0.05, 0.1) is 6.61 Å². The second kappa shape index (κ2) is 17.9. The highest BCUT2D eigenvalue weighted by Gasteiger charge is 2.57. The van der Waals surface area contributed by atoms with Crippen LogP contribution in [0.4, 0.5) is 39.5 Å². The summed E-state index contributed by atoms with van der Waals surface area (Å²) in [5.41, 5.74) is 2.55. The summed E-state index contributed by atoms with van der Waals surface area (Å²) in [7, 11) is 0. The summed E-state index contributed by atoms with van der Waals surface area (Å²) in [6.45, 7) is 3.91. The smallest absolute Gasteiger partial charge is 0.475 e. The molecule has 1 amide bonds. The van der Waals surface area contributed by atoms with Gasteiger partial charge in [-0.25, -0.2) is 14.4 Å². The minimum atomic E-state index is -5.08. The van der Waals surface area contributed by atoms with Crippen LogP contribution < -0.4 is 0 Å². The second-order valence-electron chi connectivity index (χ2n) is 10.4. The number of ether oxygens (including phenoxy) is 1. The van der Waals surface area contributed by atoms with Crippen LogP contribution in [0.15, 0.2) is 65.9 Å². The normalized spacial score (nSPS) is 19.1. The number of rotatable bonds is 5. The van der Waals surface area contributed by atoms with E-state index >= 15 is 0 Å². The number of carbonyl (C=O) groups is 4. The zero-order valence-electron chi connectivity index (χ0n) is 25.7. The Balaban J connectivity index is 0.000000352. The largest absolute Gasteiger partial charge is 0.490 e. The molecule has 0 aliphatic carbocycles. The number of hydrogen-bond acceptors (Lipinski definition) is 9. The fourth-order valence-corrected chi connectivity index (χ4v) is 5.28. The number of aromatic nitrogens is 2. The molecule has 5 heterocycles. The van der Waals surface area contributed by atoms with Gasteiger partial charge >= 0.3 is 36.4 Å². The topological polar surface area (TPSA) is 170 Å². The highest BCUT2D eigenvalue weighted by atomic mass is 32.1. The summed E-state index contributed by atoms with van der Waals surface area (Å²) in [6.07, 6.45) is -7.99. The average Bonchev–Trinajstić information content (AvgIpc) is 3.68. The summed E-state index contributed by atoms with van der Waals surface area (Å²) in [5.74, 6) is -8.23. The van der Waals surface area contributed by atoms with Gasteiger partial charge in [-0.3, -0.25) is 19.7 Å². The number of carbonyl (C=O) groups excluding carboxylic acids is 1. The lowest BCUT2D eigenvalue weighted by molar-refractivity contribution is -0.193. The molecule has 3 aromatic rings. The van der Waals surface area contributed by atoms with Gasteiger partial charge < -0.3 is 25.0 Å². The third-order valence-corrected chi connectivity index (χ3v) is 7.49. The molecule has 3 N–H and O–H groups in total. The molecule has 2 saturated heterocycles. The Morgan fingerprint density at radius 2 is 1.37 bits per heavy atom. The first-order chi connectivity index (χ1) is 23.6. The molecule has 0 bridgehead atoms. The minimum absolute atomic E-state index is 0.0502. The van der Waals surface area contributed by atoms with E-state index in [2.05, 4.69) is 37.8 Å². The predicted molar refractivity (Wildman–Crippen MR) is 156 cm³/mol. The Labute approximate surface area is 285 Å². The van der Waals surface area contributed by atoms with Crippen molar-refractivity contribution in [2.75, 3.05) is 26.2 Å². The van der Waals surface area contributed by atoms with Gasteiger partial charge in [-0.05, 0) is 51.7 Å². The van der Waals surface area contributed by atoms with Crippen molar-refractivity contribution in [3.63, 3.8) is 0 Å². The van der Waals surface area contributed by atoms with Gasteiger partial charge in [0.2, 0.25) is 0 Å². The van der Waals surface area contributed by atoms with Gasteiger partial charge in [0, 0.05) is 63.4 Å². The number of carboxylic acids is 3. The van der Waals surface area contributed by atoms with Gasteiger partial charge in [-0.1, -0.05) is 6.07 Å². The van der Waals surface area contributed by atoms with E-state index in [1.165, 1.54) is 11.1 Å². The number of alkyl halides is 9. The zero-order chi connectivity index (χ0) is 38.6. The lowest BCUT2D eigenvalue weighted by Crippen LogP contribution is -2.59. The minimum Gasteiger partial charge on any atom is -0.475 e. The third-order valence-electron chi connectivity index (χ3n) is 6.76. The second-order valence-corrected chi connectivity index (χ2v) is 11.1. The number of halogens is 9. The summed E-state index contributed by atoms with van der Waals surface area (Å²) in [5, 5.41) is 25.5. The zero-order valence-corrected chi connectivity index (χ0v) is 26.5. The first-order valence-corrected chi connectivity index (χ1v) is 14.9. The van der Waals surface area contributed by atoms with E-state index in [1.54, 1.807) is 17.5 Å². The Kier molecular flexibility index (Phi) is 14.9. The molecule has 280 valence electrons. The lowest BCUT2D eigenvalue weighted by Gasteiger charge is -2.42. The lowest BCUT2D eigenvalue weighted by atomic mass is 9.83. The molecule has 5 rings (SSSR count). The molecule has 3 aromatic heterocycles. The molecule has 2 aliphatic rings. The van der Waals surface area contributed by atoms with E-state index in [9.17, 15) is 44.3 Å². The maximum absolute atomic E-state index is 13.8. The summed E-state index contributed by atoms with van der Waals surface area (Å²) in [4.78, 5) is 53.2. The fraction of sp³-hybridized carbons (Fsp3) is 0.379. The number of morpholine rings is 1. The first kappa shape index (κ1) is 42.3. The standard InChI is InChI=1S/C23H24N4O2S.3C2HF3O2/c28-22-23(29-10-9-27(22)14-19-5-11-30-16-19)17-26(13-18-3-7-24-8-4-18)15-21(23)20-2-1-6-25-12-20;3*3-2(4,5)1(6)7/h1-8,11-12,16,21H,9-10,13-15,17H2;3*(H,6,7). The molecule has 51 heavy (non-hydrogen) atoms. The summed E-state index contributed by atoms with van der Waals surface area (Å²) < 4.78 is 102. The molecule has 0 radical (unpaired) electrons. The van der Waals surface area contributed by atoms with Gasteiger partial charge in [0.25, 0.3) is 5.91 Å². The van der Waals surface area contributed by atoms with Crippen molar-refractivity contribution in [2.45, 2.75) is 43.1 Å². The Morgan fingerprint density at radius 1 is 0.824 bits per heavy atom. The molecule has 0 saturated carbocycles. The molecule has 22 heteroatoms. The number of nitrogens with zero attached hydrogens (tertiary/aromatic N) is 4. The van der Waals surface area contributed by atoms with Gasteiger partial charge in [0.15, 0.2) is 5.60 Å². The van der Waals surface area contributed by atoms with Crippen LogP contribution in [0, 0.1) is 0 Å². The van der Waals surface area contributed by atoms with Crippen LogP contribution in [0.2, 0.25) is 0 Å². The van der Waals surface area contributed by atoms with Crippen LogP contribution in [-0.2, 0) is 37.0 Å². The maximum Gasteiger partial charge on any atom is 0.490 e. The van der Waals surface area contributed by atoms with Crippen molar-refractivity contribution in [1.29, 1.82) is 0 Å². The van der Waals surface area contributed by atoms with Crippen LogP contribution in [0.1, 0.15) is 22.6 Å². The van der Waals surface area contributed by atoms with E-state index in [0.717, 1.165) is 18.7 Å². The molecule has 2 atom stereocenters. The number of pyridine rings is 2. The van der Waals surface area contributed by atoms with Crippen molar-refractivity contribution in [2.24, 2.45) is 0 Å². The molecular formula is C29H27F9N4O8S. The van der Waals surface area contributed by atoms with Crippen LogP contribution in [0.5, 0.6) is 0 Å². The van der Waals surface area contributed by atoms with Crippen LogP contribution in [0.3, 0.4) is 0 Å². The molecule has 2 aliphatic heterocycles. The van der Waals surface area contributed by atoms with Gasteiger partial charge in [0.1, 0.15) is 0 Å². The van der Waals surface area contributed by atoms with Gasteiger partial charge in [-0.2, -0.15) is 50.9 Å². The highest BCUT2D eigenvalue weighted by molar-refractivity contribution is 7.07. The molecule has 2 unspecified atom stereocenters. The Hall–Kier alpha value is -4.83. The quantitative estimate of drug-likeness (QED) is 0.304. The highest BCUT2D eigenvalue weighted by Crippen LogP contribution is 2.42. The van der Waals surface area contributed by atoms with E-state index < -0.39 is 42.0 Å². The van der Waals surface area contributed by atoms with E-state index in [1.807, 2.05) is 41.7 Å². The van der Waals surface area contributed by atoms with Crippen molar-refractivity contribution < 1.29 is 78.7 Å². The summed E-state index contributed by atoms with van der Waals surface area (Å²) >= 11 is 1.66.